The van der Waals surface area contributed by atoms with Crippen molar-refractivity contribution in [2.75, 3.05) is 25.8 Å². The molecule has 1 unspecified atom stereocenters. The molecule has 9 nitrogen and oxygen atoms in total. The average molecular weight is 522 g/mol. The number of esters is 1. The number of anilines is 1. The molecule has 3 aliphatic heterocycles. The van der Waals surface area contributed by atoms with Gasteiger partial charge in [0, 0.05) is 24.0 Å². The summed E-state index contributed by atoms with van der Waals surface area (Å²) in [5.74, 6) is 1.13. The Morgan fingerprint density at radius 3 is 2.76 bits per heavy atom. The number of hydrogen-bond acceptors (Lipinski definition) is 9. The maximum atomic E-state index is 13.1. The molecule has 0 bridgehead atoms. The summed E-state index contributed by atoms with van der Waals surface area (Å²) in [4.78, 5) is 29.6. The normalized spacial score (nSPS) is 18.1. The van der Waals surface area contributed by atoms with Gasteiger partial charge in [-0.25, -0.2) is 4.79 Å². The van der Waals surface area contributed by atoms with Crippen LogP contribution in [0.3, 0.4) is 0 Å². The SMILES string of the molecule is COc1cc(C2NC(=O)c3c(sc4c3CCN(C(C)C)C4)N2)ccc1OC(=O)c1ccc2c(c1)OCO2. The van der Waals surface area contributed by atoms with Crippen LogP contribution in [0.5, 0.6) is 23.0 Å². The fourth-order valence-corrected chi connectivity index (χ4v) is 6.17. The molecule has 0 fully saturated rings. The van der Waals surface area contributed by atoms with Crippen molar-refractivity contribution in [1.29, 1.82) is 0 Å². The van der Waals surface area contributed by atoms with Gasteiger partial charge in [-0.2, -0.15) is 0 Å². The van der Waals surface area contributed by atoms with Crippen LogP contribution in [-0.4, -0.2) is 43.3 Å². The molecular formula is C27H27N3O6S. The molecule has 37 heavy (non-hydrogen) atoms. The van der Waals surface area contributed by atoms with E-state index in [-0.39, 0.29) is 18.4 Å². The van der Waals surface area contributed by atoms with Gasteiger partial charge < -0.3 is 29.6 Å². The maximum absolute atomic E-state index is 13.1. The van der Waals surface area contributed by atoms with Gasteiger partial charge in [-0.15, -0.1) is 11.3 Å². The third kappa shape index (κ3) is 4.25. The van der Waals surface area contributed by atoms with E-state index in [0.29, 0.717) is 28.9 Å². The number of carbonyl (C=O) groups excluding carboxylic acids is 2. The van der Waals surface area contributed by atoms with Crippen molar-refractivity contribution in [2.24, 2.45) is 0 Å². The predicted octanol–water partition coefficient (Wildman–Crippen LogP) is 4.33. The van der Waals surface area contributed by atoms with Crippen LogP contribution >= 0.6 is 11.3 Å². The summed E-state index contributed by atoms with van der Waals surface area (Å²) in [7, 11) is 1.51. The molecule has 0 aliphatic carbocycles. The van der Waals surface area contributed by atoms with Crippen LogP contribution in [0.2, 0.25) is 0 Å². The fourth-order valence-electron chi connectivity index (χ4n) is 4.87. The number of rotatable bonds is 5. The van der Waals surface area contributed by atoms with Gasteiger partial charge in [0.15, 0.2) is 23.0 Å². The number of nitrogens with zero attached hydrogens (tertiary/aromatic N) is 1. The molecule has 0 saturated heterocycles. The zero-order valence-electron chi connectivity index (χ0n) is 20.8. The maximum Gasteiger partial charge on any atom is 0.343 e. The van der Waals surface area contributed by atoms with Crippen LogP contribution in [0.4, 0.5) is 5.00 Å². The van der Waals surface area contributed by atoms with Crippen LogP contribution in [0.1, 0.15) is 56.7 Å². The lowest BCUT2D eigenvalue weighted by Gasteiger charge is -2.31. The van der Waals surface area contributed by atoms with Gasteiger partial charge in [-0.1, -0.05) is 6.07 Å². The average Bonchev–Trinajstić information content (AvgIpc) is 3.52. The Morgan fingerprint density at radius 1 is 1.11 bits per heavy atom. The van der Waals surface area contributed by atoms with Crippen molar-refractivity contribution in [3.8, 4) is 23.0 Å². The van der Waals surface area contributed by atoms with Crippen molar-refractivity contribution in [2.45, 2.75) is 39.0 Å². The van der Waals surface area contributed by atoms with E-state index in [1.807, 2.05) is 6.07 Å². The second-order valence-electron chi connectivity index (χ2n) is 9.44. The lowest BCUT2D eigenvalue weighted by Crippen LogP contribution is -2.39. The highest BCUT2D eigenvalue weighted by Gasteiger charge is 2.34. The number of nitrogens with one attached hydrogen (secondary N) is 2. The van der Waals surface area contributed by atoms with E-state index < -0.39 is 12.1 Å². The van der Waals surface area contributed by atoms with Crippen LogP contribution in [0.25, 0.3) is 0 Å². The number of carbonyl (C=O) groups is 2. The van der Waals surface area contributed by atoms with Crippen LogP contribution in [0.15, 0.2) is 36.4 Å². The number of ether oxygens (including phenoxy) is 4. The van der Waals surface area contributed by atoms with Crippen molar-refractivity contribution < 1.29 is 28.5 Å². The summed E-state index contributed by atoms with van der Waals surface area (Å²) in [6.07, 6.45) is 0.435. The van der Waals surface area contributed by atoms with E-state index in [4.69, 9.17) is 18.9 Å². The van der Waals surface area contributed by atoms with E-state index in [2.05, 4.69) is 29.4 Å². The van der Waals surface area contributed by atoms with E-state index in [0.717, 1.165) is 41.2 Å². The summed E-state index contributed by atoms with van der Waals surface area (Å²) in [5.41, 5.74) is 3.04. The highest BCUT2D eigenvalue weighted by atomic mass is 32.1. The minimum Gasteiger partial charge on any atom is -0.493 e. The van der Waals surface area contributed by atoms with Gasteiger partial charge in [0.25, 0.3) is 5.91 Å². The molecule has 4 heterocycles. The Balaban J connectivity index is 1.21. The van der Waals surface area contributed by atoms with Crippen LogP contribution in [0, 0.1) is 0 Å². The number of benzene rings is 2. The number of hydrogen-bond donors (Lipinski definition) is 2. The summed E-state index contributed by atoms with van der Waals surface area (Å²) < 4.78 is 21.8. The third-order valence-electron chi connectivity index (χ3n) is 6.93. The Labute approximate surface area is 218 Å². The predicted molar refractivity (Wildman–Crippen MR) is 138 cm³/mol. The number of thiophene rings is 1. The zero-order valence-corrected chi connectivity index (χ0v) is 21.6. The summed E-state index contributed by atoms with van der Waals surface area (Å²) in [6, 6.07) is 10.6. The first-order valence-electron chi connectivity index (χ1n) is 12.2. The van der Waals surface area contributed by atoms with Gasteiger partial charge in [-0.05, 0) is 61.7 Å². The molecule has 2 aromatic carbocycles. The van der Waals surface area contributed by atoms with Gasteiger partial charge in [0.2, 0.25) is 6.79 Å². The standard InChI is InChI=1S/C27H27N3O6S/c1-14(2)30-9-8-17-22(12-30)37-26-23(17)25(31)28-24(29-26)15-4-7-19(20(10-15)33-3)36-27(32)16-5-6-18-21(11-16)35-13-34-18/h4-7,10-11,14,24,29H,8-9,12-13H2,1-3H3,(H,28,31). The van der Waals surface area contributed by atoms with Crippen LogP contribution in [-0.2, 0) is 13.0 Å². The largest absolute Gasteiger partial charge is 0.493 e. The number of methoxy groups -OCH3 is 1. The minimum atomic E-state index is -0.544. The fraction of sp³-hybridized carbons (Fsp3) is 0.333. The zero-order chi connectivity index (χ0) is 25.7. The molecule has 10 heteroatoms. The monoisotopic (exact) mass is 521 g/mol. The molecule has 1 atom stereocenters. The van der Waals surface area contributed by atoms with Gasteiger partial charge in [0.05, 0.1) is 18.2 Å². The molecule has 0 spiro atoms. The van der Waals surface area contributed by atoms with E-state index in [1.165, 1.54) is 12.0 Å². The van der Waals surface area contributed by atoms with Crippen molar-refractivity contribution in [1.82, 2.24) is 10.2 Å². The molecule has 0 saturated carbocycles. The second-order valence-corrected chi connectivity index (χ2v) is 10.5. The molecule has 3 aromatic rings. The second kappa shape index (κ2) is 9.28. The molecule has 6 rings (SSSR count). The van der Waals surface area contributed by atoms with E-state index in [9.17, 15) is 9.59 Å². The van der Waals surface area contributed by atoms with Crippen molar-refractivity contribution in [3.63, 3.8) is 0 Å². The topological polar surface area (TPSA) is 98.4 Å². The van der Waals surface area contributed by atoms with Gasteiger partial charge >= 0.3 is 5.97 Å². The molecule has 0 radical (unpaired) electrons. The molecule has 2 N–H and O–H groups in total. The highest BCUT2D eigenvalue weighted by molar-refractivity contribution is 7.16. The first-order valence-corrected chi connectivity index (χ1v) is 13.0. The van der Waals surface area contributed by atoms with Crippen molar-refractivity contribution in [3.05, 3.63) is 63.5 Å². The molecule has 1 amide bonds. The summed E-state index contributed by atoms with van der Waals surface area (Å²) in [5, 5.41) is 7.45. The van der Waals surface area contributed by atoms with Crippen molar-refractivity contribution >= 4 is 28.2 Å². The Kier molecular flexibility index (Phi) is 5.92. The Morgan fingerprint density at radius 2 is 1.95 bits per heavy atom. The van der Waals surface area contributed by atoms with E-state index in [1.54, 1.807) is 41.7 Å². The number of amides is 1. The van der Waals surface area contributed by atoms with Gasteiger partial charge in [-0.3, -0.25) is 9.69 Å². The van der Waals surface area contributed by atoms with E-state index >= 15 is 0 Å². The molecular weight excluding hydrogens is 494 g/mol. The Bertz CT molecular complexity index is 1400. The lowest BCUT2D eigenvalue weighted by atomic mass is 9.99. The Hall–Kier alpha value is -3.76. The molecule has 3 aliphatic rings. The smallest absolute Gasteiger partial charge is 0.343 e. The van der Waals surface area contributed by atoms with Gasteiger partial charge in [0.1, 0.15) is 11.2 Å². The molecule has 192 valence electrons. The first kappa shape index (κ1) is 23.6. The van der Waals surface area contributed by atoms with Crippen LogP contribution < -0.4 is 29.6 Å². The quantitative estimate of drug-likeness (QED) is 0.378. The number of fused-ring (bicyclic) bond motifs is 4. The third-order valence-corrected chi connectivity index (χ3v) is 8.07. The minimum absolute atomic E-state index is 0.0773. The highest BCUT2D eigenvalue weighted by Crippen LogP contribution is 2.42. The summed E-state index contributed by atoms with van der Waals surface area (Å²) >= 11 is 1.66. The molecule has 1 aromatic heterocycles. The summed E-state index contributed by atoms with van der Waals surface area (Å²) in [6.45, 7) is 6.34. The lowest BCUT2D eigenvalue weighted by molar-refractivity contribution is 0.0729. The first-order chi connectivity index (χ1) is 17.9.